The molecule has 2 amide bonds. The number of sulfonamides is 1. The van der Waals surface area contributed by atoms with Crippen LogP contribution >= 0.6 is 11.3 Å². The number of thiazole rings is 1. The molecule has 0 radical (unpaired) electrons. The number of amides is 2. The summed E-state index contributed by atoms with van der Waals surface area (Å²) in [5.41, 5.74) is 3.35. The Morgan fingerprint density at radius 3 is 2.35 bits per heavy atom. The highest BCUT2D eigenvalue weighted by molar-refractivity contribution is 7.93. The second kappa shape index (κ2) is 7.97. The summed E-state index contributed by atoms with van der Waals surface area (Å²) in [4.78, 5) is 21.1. The number of hydrogen-bond donors (Lipinski definition) is 1. The van der Waals surface area contributed by atoms with Gasteiger partial charge in [0.2, 0.25) is 0 Å². The van der Waals surface area contributed by atoms with Gasteiger partial charge in [-0.2, -0.15) is 0 Å². The average Bonchev–Trinajstić information content (AvgIpc) is 3.43. The van der Waals surface area contributed by atoms with Crippen LogP contribution in [0.1, 0.15) is 17.5 Å². The first-order valence-corrected chi connectivity index (χ1v) is 12.5. The zero-order valence-electron chi connectivity index (χ0n) is 16.8. The van der Waals surface area contributed by atoms with Gasteiger partial charge in [0, 0.05) is 36.4 Å². The lowest BCUT2D eigenvalue weighted by Gasteiger charge is -2.39. The number of carbonyl (C=O) groups excluding carboxylic acids is 1. The van der Waals surface area contributed by atoms with E-state index in [0.29, 0.717) is 17.4 Å². The van der Waals surface area contributed by atoms with Crippen LogP contribution in [0.3, 0.4) is 0 Å². The number of hydrogen-bond acceptors (Lipinski definition) is 5. The quantitative estimate of drug-likeness (QED) is 0.637. The minimum atomic E-state index is -3.71. The molecule has 1 fully saturated rings. The number of nitrogens with zero attached hydrogens (tertiary/aromatic N) is 3. The standard InChI is InChI=1S/C22H22N4O3S2/c27-22-25(11-3-12-26(22)19-14-16-4-1-2-5-17(16)15-19)18-6-8-20(9-7-18)31(28,29)24-21-23-10-13-30-21/h1-2,4-10,13,19H,3,11-12,14-15H2,(H,23,24). The molecule has 1 aromatic heterocycles. The molecule has 1 N–H and O–H groups in total. The fourth-order valence-electron chi connectivity index (χ4n) is 4.33. The van der Waals surface area contributed by atoms with E-state index in [9.17, 15) is 13.2 Å². The van der Waals surface area contributed by atoms with Gasteiger partial charge < -0.3 is 4.90 Å². The molecule has 0 atom stereocenters. The van der Waals surface area contributed by atoms with Crippen molar-refractivity contribution in [3.8, 4) is 0 Å². The molecule has 1 aliphatic heterocycles. The second-order valence-corrected chi connectivity index (χ2v) is 10.3. The molecule has 5 rings (SSSR count). The molecule has 9 heteroatoms. The lowest BCUT2D eigenvalue weighted by Crippen LogP contribution is -2.53. The van der Waals surface area contributed by atoms with E-state index < -0.39 is 10.0 Å². The number of benzene rings is 2. The van der Waals surface area contributed by atoms with Crippen LogP contribution < -0.4 is 9.62 Å². The molecule has 2 heterocycles. The summed E-state index contributed by atoms with van der Waals surface area (Å²) in [6.07, 6.45) is 4.19. The Bertz CT molecular complexity index is 1170. The van der Waals surface area contributed by atoms with Gasteiger partial charge >= 0.3 is 6.03 Å². The van der Waals surface area contributed by atoms with E-state index in [1.807, 2.05) is 17.0 Å². The number of fused-ring (bicyclic) bond motifs is 1. The molecule has 1 aliphatic carbocycles. The number of carbonyl (C=O) groups is 1. The normalized spacial score (nSPS) is 17.1. The largest absolute Gasteiger partial charge is 0.324 e. The molecule has 2 aromatic carbocycles. The van der Waals surface area contributed by atoms with Gasteiger partial charge in [0.25, 0.3) is 10.0 Å². The zero-order valence-corrected chi connectivity index (χ0v) is 18.4. The molecule has 1 saturated heterocycles. The average molecular weight is 455 g/mol. The van der Waals surface area contributed by atoms with E-state index in [4.69, 9.17) is 0 Å². The summed E-state index contributed by atoms with van der Waals surface area (Å²) in [6.45, 7) is 1.37. The van der Waals surface area contributed by atoms with Gasteiger partial charge in [-0.05, 0) is 54.7 Å². The molecule has 7 nitrogen and oxygen atoms in total. The summed E-state index contributed by atoms with van der Waals surface area (Å²) < 4.78 is 27.6. The lowest BCUT2D eigenvalue weighted by atomic mass is 10.1. The summed E-state index contributed by atoms with van der Waals surface area (Å²) in [7, 11) is -3.71. The lowest BCUT2D eigenvalue weighted by molar-refractivity contribution is 0.172. The van der Waals surface area contributed by atoms with Crippen molar-refractivity contribution < 1.29 is 13.2 Å². The van der Waals surface area contributed by atoms with Crippen LogP contribution in [0.25, 0.3) is 0 Å². The van der Waals surface area contributed by atoms with E-state index in [1.165, 1.54) is 34.6 Å². The number of aromatic nitrogens is 1. The summed E-state index contributed by atoms with van der Waals surface area (Å²) in [6, 6.07) is 15.0. The molecule has 0 unspecified atom stereocenters. The van der Waals surface area contributed by atoms with Crippen LogP contribution in [0.15, 0.2) is 65.0 Å². The van der Waals surface area contributed by atoms with Crippen molar-refractivity contribution >= 4 is 38.2 Å². The summed E-state index contributed by atoms with van der Waals surface area (Å²) >= 11 is 1.22. The van der Waals surface area contributed by atoms with Gasteiger partial charge in [0.1, 0.15) is 0 Å². The van der Waals surface area contributed by atoms with E-state index in [-0.39, 0.29) is 17.0 Å². The Morgan fingerprint density at radius 2 is 1.71 bits per heavy atom. The first kappa shape index (κ1) is 20.0. The molecule has 0 spiro atoms. The number of nitrogens with one attached hydrogen (secondary N) is 1. The third kappa shape index (κ3) is 3.90. The molecule has 0 bridgehead atoms. The molecular formula is C22H22N4O3S2. The first-order chi connectivity index (χ1) is 15.0. The third-order valence-electron chi connectivity index (χ3n) is 5.84. The minimum Gasteiger partial charge on any atom is -0.321 e. The Hall–Kier alpha value is -2.91. The van der Waals surface area contributed by atoms with Crippen LogP contribution in [-0.4, -0.2) is 43.5 Å². The topological polar surface area (TPSA) is 82.6 Å². The number of rotatable bonds is 5. The van der Waals surface area contributed by atoms with Crippen molar-refractivity contribution in [1.29, 1.82) is 0 Å². The minimum absolute atomic E-state index is 0.0134. The Kier molecular flexibility index (Phi) is 5.15. The fraction of sp³-hybridized carbons (Fsp3) is 0.273. The monoisotopic (exact) mass is 454 g/mol. The predicted molar refractivity (Wildman–Crippen MR) is 121 cm³/mol. The maximum Gasteiger partial charge on any atom is 0.324 e. The molecule has 31 heavy (non-hydrogen) atoms. The highest BCUT2D eigenvalue weighted by atomic mass is 32.2. The zero-order chi connectivity index (χ0) is 21.4. The van der Waals surface area contributed by atoms with Gasteiger partial charge in [-0.1, -0.05) is 24.3 Å². The molecule has 2 aliphatic rings. The summed E-state index contributed by atoms with van der Waals surface area (Å²) in [5.74, 6) is 0. The van der Waals surface area contributed by atoms with Crippen molar-refractivity contribution in [2.24, 2.45) is 0 Å². The third-order valence-corrected chi connectivity index (χ3v) is 8.01. The van der Waals surface area contributed by atoms with Crippen LogP contribution in [-0.2, 0) is 22.9 Å². The maximum atomic E-state index is 13.3. The fourth-order valence-corrected chi connectivity index (χ4v) is 6.12. The van der Waals surface area contributed by atoms with E-state index >= 15 is 0 Å². The van der Waals surface area contributed by atoms with Crippen LogP contribution in [0.5, 0.6) is 0 Å². The van der Waals surface area contributed by atoms with Crippen molar-refractivity contribution in [2.45, 2.75) is 30.2 Å². The van der Waals surface area contributed by atoms with E-state index in [2.05, 4.69) is 21.8 Å². The highest BCUT2D eigenvalue weighted by Crippen LogP contribution is 2.30. The Balaban J connectivity index is 1.31. The van der Waals surface area contributed by atoms with Crippen molar-refractivity contribution in [3.63, 3.8) is 0 Å². The molecular weight excluding hydrogens is 432 g/mol. The van der Waals surface area contributed by atoms with E-state index in [1.54, 1.807) is 28.6 Å². The van der Waals surface area contributed by atoms with Gasteiger partial charge in [-0.15, -0.1) is 11.3 Å². The van der Waals surface area contributed by atoms with Crippen molar-refractivity contribution in [1.82, 2.24) is 9.88 Å². The highest BCUT2D eigenvalue weighted by Gasteiger charge is 2.35. The first-order valence-electron chi connectivity index (χ1n) is 10.2. The van der Waals surface area contributed by atoms with E-state index in [0.717, 1.165) is 25.8 Å². The number of anilines is 2. The maximum absolute atomic E-state index is 13.3. The molecule has 0 saturated carbocycles. The Labute approximate surface area is 185 Å². The van der Waals surface area contributed by atoms with Gasteiger partial charge in [-0.25, -0.2) is 18.2 Å². The Morgan fingerprint density at radius 1 is 1.00 bits per heavy atom. The second-order valence-electron chi connectivity index (χ2n) is 7.75. The van der Waals surface area contributed by atoms with Crippen LogP contribution in [0.2, 0.25) is 0 Å². The smallest absolute Gasteiger partial charge is 0.321 e. The SMILES string of the molecule is O=C1N(c2ccc(S(=O)(=O)Nc3nccs3)cc2)CCCN1C1Cc2ccccc2C1. The molecule has 3 aromatic rings. The van der Waals surface area contributed by atoms with Gasteiger partial charge in [-0.3, -0.25) is 9.62 Å². The van der Waals surface area contributed by atoms with Crippen LogP contribution in [0.4, 0.5) is 15.6 Å². The predicted octanol–water partition coefficient (Wildman–Crippen LogP) is 3.74. The van der Waals surface area contributed by atoms with Crippen molar-refractivity contribution in [2.75, 3.05) is 22.7 Å². The van der Waals surface area contributed by atoms with Gasteiger partial charge in [0.15, 0.2) is 5.13 Å². The van der Waals surface area contributed by atoms with Crippen LogP contribution in [0, 0.1) is 0 Å². The molecule has 160 valence electrons. The van der Waals surface area contributed by atoms with Crippen molar-refractivity contribution in [3.05, 3.63) is 71.2 Å². The van der Waals surface area contributed by atoms with Gasteiger partial charge in [0.05, 0.1) is 4.90 Å². The number of urea groups is 1. The summed E-state index contributed by atoms with van der Waals surface area (Å²) in [5, 5.41) is 2.03.